The van der Waals surface area contributed by atoms with Crippen molar-refractivity contribution in [3.05, 3.63) is 59.4 Å². The molecular formula is C24H27NO5. The Labute approximate surface area is 176 Å². The van der Waals surface area contributed by atoms with Crippen LogP contribution in [0.2, 0.25) is 0 Å². The van der Waals surface area contributed by atoms with E-state index in [4.69, 9.17) is 13.9 Å². The van der Waals surface area contributed by atoms with Crippen molar-refractivity contribution in [2.75, 3.05) is 12.4 Å². The Hall–Kier alpha value is -3.28. The normalized spacial score (nSPS) is 13.0. The standard InChI is InChI=1S/C24H27NO5/c1-6-14(2)18-9-7-8-10-20(18)25-23(26)16(4)29-24(27)22-15(3)19-13-17(28-5)11-12-21(19)30-22/h7-14,16H,6H2,1-5H3,(H,25,26)/t14-,16-/m1/s1. The molecule has 6 nitrogen and oxygen atoms in total. The first kappa shape index (κ1) is 21.4. The van der Waals surface area contributed by atoms with E-state index in [2.05, 4.69) is 19.2 Å². The second kappa shape index (κ2) is 9.03. The van der Waals surface area contributed by atoms with Crippen LogP contribution in [0, 0.1) is 6.92 Å². The van der Waals surface area contributed by atoms with Crippen LogP contribution in [0.25, 0.3) is 11.0 Å². The Bertz CT molecular complexity index is 1070. The molecule has 0 saturated heterocycles. The number of para-hydroxylation sites is 1. The van der Waals surface area contributed by atoms with Gasteiger partial charge in [0.15, 0.2) is 6.10 Å². The van der Waals surface area contributed by atoms with Crippen LogP contribution in [0.4, 0.5) is 5.69 Å². The number of carbonyl (C=O) groups excluding carboxylic acids is 2. The van der Waals surface area contributed by atoms with Crippen LogP contribution >= 0.6 is 0 Å². The molecule has 0 saturated carbocycles. The Morgan fingerprint density at radius 3 is 2.57 bits per heavy atom. The summed E-state index contributed by atoms with van der Waals surface area (Å²) >= 11 is 0. The number of ether oxygens (including phenoxy) is 2. The number of rotatable bonds is 7. The average Bonchev–Trinajstić information content (AvgIpc) is 3.09. The van der Waals surface area contributed by atoms with Gasteiger partial charge >= 0.3 is 5.97 Å². The minimum Gasteiger partial charge on any atom is -0.497 e. The van der Waals surface area contributed by atoms with Gasteiger partial charge in [0, 0.05) is 16.6 Å². The minimum absolute atomic E-state index is 0.0814. The van der Waals surface area contributed by atoms with E-state index in [1.807, 2.05) is 24.3 Å². The molecule has 0 radical (unpaired) electrons. The number of hydrogen-bond acceptors (Lipinski definition) is 5. The summed E-state index contributed by atoms with van der Waals surface area (Å²) in [5.41, 5.74) is 2.98. The molecular weight excluding hydrogens is 382 g/mol. The number of nitrogens with one attached hydrogen (secondary N) is 1. The number of hydrogen-bond donors (Lipinski definition) is 1. The molecule has 1 amide bonds. The predicted octanol–water partition coefficient (Wildman–Crippen LogP) is 5.45. The van der Waals surface area contributed by atoms with Gasteiger partial charge < -0.3 is 19.2 Å². The van der Waals surface area contributed by atoms with E-state index in [1.54, 1.807) is 39.2 Å². The monoisotopic (exact) mass is 409 g/mol. The van der Waals surface area contributed by atoms with E-state index in [1.165, 1.54) is 0 Å². The number of aryl methyl sites for hydroxylation is 1. The van der Waals surface area contributed by atoms with E-state index in [9.17, 15) is 9.59 Å². The molecule has 0 unspecified atom stereocenters. The summed E-state index contributed by atoms with van der Waals surface area (Å²) in [6, 6.07) is 12.9. The number of anilines is 1. The molecule has 30 heavy (non-hydrogen) atoms. The van der Waals surface area contributed by atoms with Gasteiger partial charge in [-0.15, -0.1) is 0 Å². The van der Waals surface area contributed by atoms with Crippen molar-refractivity contribution in [1.82, 2.24) is 0 Å². The smallest absolute Gasteiger partial charge is 0.375 e. The van der Waals surface area contributed by atoms with Crippen molar-refractivity contribution in [1.29, 1.82) is 0 Å². The lowest BCUT2D eigenvalue weighted by Crippen LogP contribution is -2.30. The summed E-state index contributed by atoms with van der Waals surface area (Å²) in [7, 11) is 1.57. The maximum Gasteiger partial charge on any atom is 0.375 e. The number of benzene rings is 2. The zero-order valence-electron chi connectivity index (χ0n) is 17.9. The topological polar surface area (TPSA) is 77.8 Å². The third-order valence-corrected chi connectivity index (χ3v) is 5.34. The number of carbonyl (C=O) groups is 2. The quantitative estimate of drug-likeness (QED) is 0.525. The highest BCUT2D eigenvalue weighted by Gasteiger charge is 2.25. The van der Waals surface area contributed by atoms with Crippen molar-refractivity contribution < 1.29 is 23.5 Å². The molecule has 0 aliphatic carbocycles. The maximum absolute atomic E-state index is 12.7. The van der Waals surface area contributed by atoms with Gasteiger partial charge in [0.05, 0.1) is 7.11 Å². The molecule has 158 valence electrons. The first-order valence-electron chi connectivity index (χ1n) is 10.0. The van der Waals surface area contributed by atoms with E-state index in [-0.39, 0.29) is 5.76 Å². The Balaban J connectivity index is 1.74. The van der Waals surface area contributed by atoms with Gasteiger partial charge in [0.1, 0.15) is 11.3 Å². The molecule has 6 heteroatoms. The average molecular weight is 409 g/mol. The highest BCUT2D eigenvalue weighted by atomic mass is 16.6. The number of methoxy groups -OCH3 is 1. The van der Waals surface area contributed by atoms with Crippen molar-refractivity contribution >= 4 is 28.5 Å². The van der Waals surface area contributed by atoms with Gasteiger partial charge in [-0.2, -0.15) is 0 Å². The number of furan rings is 1. The van der Waals surface area contributed by atoms with Crippen LogP contribution in [0.15, 0.2) is 46.9 Å². The molecule has 2 aromatic carbocycles. The Kier molecular flexibility index (Phi) is 6.45. The summed E-state index contributed by atoms with van der Waals surface area (Å²) in [6.07, 6.45) is -0.0299. The molecule has 0 bridgehead atoms. The molecule has 3 aromatic rings. The molecule has 0 aliphatic heterocycles. The van der Waals surface area contributed by atoms with E-state index in [0.29, 0.717) is 22.8 Å². The molecule has 3 rings (SSSR count). The van der Waals surface area contributed by atoms with Crippen molar-refractivity contribution in [2.24, 2.45) is 0 Å². The van der Waals surface area contributed by atoms with Crippen molar-refractivity contribution in [3.63, 3.8) is 0 Å². The zero-order valence-corrected chi connectivity index (χ0v) is 17.9. The molecule has 1 N–H and O–H groups in total. The summed E-state index contributed by atoms with van der Waals surface area (Å²) < 4.78 is 16.3. The molecule has 1 aromatic heterocycles. The van der Waals surface area contributed by atoms with Gasteiger partial charge in [-0.05, 0) is 56.0 Å². The van der Waals surface area contributed by atoms with E-state index in [0.717, 1.165) is 23.1 Å². The molecule has 0 fully saturated rings. The Morgan fingerprint density at radius 1 is 1.13 bits per heavy atom. The van der Waals surface area contributed by atoms with Crippen LogP contribution in [0.5, 0.6) is 5.75 Å². The fourth-order valence-electron chi connectivity index (χ4n) is 3.28. The van der Waals surface area contributed by atoms with Crippen molar-refractivity contribution in [3.8, 4) is 5.75 Å². The van der Waals surface area contributed by atoms with E-state index >= 15 is 0 Å². The summed E-state index contributed by atoms with van der Waals surface area (Å²) in [6.45, 7) is 7.52. The third-order valence-electron chi connectivity index (χ3n) is 5.34. The predicted molar refractivity (Wildman–Crippen MR) is 116 cm³/mol. The van der Waals surface area contributed by atoms with Crippen LogP contribution in [-0.2, 0) is 9.53 Å². The molecule has 1 heterocycles. The minimum atomic E-state index is -0.982. The van der Waals surface area contributed by atoms with Crippen LogP contribution in [-0.4, -0.2) is 25.1 Å². The fraction of sp³-hybridized carbons (Fsp3) is 0.333. The lowest BCUT2D eigenvalue weighted by molar-refractivity contribution is -0.123. The van der Waals surface area contributed by atoms with Gasteiger partial charge in [-0.1, -0.05) is 32.0 Å². The Morgan fingerprint density at radius 2 is 1.87 bits per heavy atom. The summed E-state index contributed by atoms with van der Waals surface area (Å²) in [5.74, 6) is -0.0263. The van der Waals surface area contributed by atoms with Crippen LogP contribution in [0.3, 0.4) is 0 Å². The highest BCUT2D eigenvalue weighted by Crippen LogP contribution is 2.30. The number of amides is 1. The third kappa shape index (κ3) is 4.32. The highest BCUT2D eigenvalue weighted by molar-refractivity contribution is 5.99. The molecule has 0 spiro atoms. The fourth-order valence-corrected chi connectivity index (χ4v) is 3.28. The summed E-state index contributed by atoms with van der Waals surface area (Å²) in [5, 5.41) is 3.64. The maximum atomic E-state index is 12.7. The lowest BCUT2D eigenvalue weighted by Gasteiger charge is -2.18. The van der Waals surface area contributed by atoms with E-state index < -0.39 is 18.0 Å². The summed E-state index contributed by atoms with van der Waals surface area (Å²) in [4.78, 5) is 25.3. The molecule has 0 aliphatic rings. The van der Waals surface area contributed by atoms with Gasteiger partial charge in [0.25, 0.3) is 5.91 Å². The number of fused-ring (bicyclic) bond motifs is 1. The largest absolute Gasteiger partial charge is 0.497 e. The van der Waals surface area contributed by atoms with Crippen LogP contribution in [0.1, 0.15) is 54.8 Å². The second-order valence-electron chi connectivity index (χ2n) is 7.35. The van der Waals surface area contributed by atoms with Crippen molar-refractivity contribution in [2.45, 2.75) is 46.1 Å². The van der Waals surface area contributed by atoms with Crippen LogP contribution < -0.4 is 10.1 Å². The second-order valence-corrected chi connectivity index (χ2v) is 7.35. The van der Waals surface area contributed by atoms with Gasteiger partial charge in [0.2, 0.25) is 5.76 Å². The molecule has 2 atom stereocenters. The van der Waals surface area contributed by atoms with Gasteiger partial charge in [-0.25, -0.2) is 4.79 Å². The first-order valence-corrected chi connectivity index (χ1v) is 10.0. The van der Waals surface area contributed by atoms with Gasteiger partial charge in [-0.3, -0.25) is 4.79 Å². The lowest BCUT2D eigenvalue weighted by atomic mass is 9.97. The first-order chi connectivity index (χ1) is 14.3. The SMILES string of the molecule is CC[C@@H](C)c1ccccc1NC(=O)[C@@H](C)OC(=O)c1oc2ccc(OC)cc2c1C. The zero-order chi connectivity index (χ0) is 21.8. The number of esters is 1.